The summed E-state index contributed by atoms with van der Waals surface area (Å²) < 4.78 is 13.1. The number of nitrogens with zero attached hydrogens (tertiary/aromatic N) is 1. The Kier molecular flexibility index (Phi) is 5.97. The van der Waals surface area contributed by atoms with E-state index in [1.54, 1.807) is 12.1 Å². The fraction of sp³-hybridized carbons (Fsp3) is 0.278. The fourth-order valence-corrected chi connectivity index (χ4v) is 2.33. The van der Waals surface area contributed by atoms with E-state index in [0.717, 1.165) is 24.5 Å². The van der Waals surface area contributed by atoms with Crippen molar-refractivity contribution < 1.29 is 9.18 Å². The Morgan fingerprint density at radius 2 is 1.74 bits per heavy atom. The Morgan fingerprint density at radius 3 is 2.35 bits per heavy atom. The molecule has 0 spiro atoms. The number of rotatable bonds is 7. The van der Waals surface area contributed by atoms with Crippen molar-refractivity contribution >= 4 is 23.0 Å². The fourth-order valence-electron chi connectivity index (χ4n) is 2.33. The van der Waals surface area contributed by atoms with E-state index in [1.807, 2.05) is 24.3 Å². The van der Waals surface area contributed by atoms with E-state index in [1.165, 1.54) is 12.1 Å². The highest BCUT2D eigenvalue weighted by Gasteiger charge is 2.04. The minimum absolute atomic E-state index is 0.126. The van der Waals surface area contributed by atoms with Crippen molar-refractivity contribution in [3.05, 3.63) is 54.3 Å². The summed E-state index contributed by atoms with van der Waals surface area (Å²) in [7, 11) is 0. The largest absolute Gasteiger partial charge is 0.376 e. The molecule has 0 atom stereocenters. The molecule has 4 nitrogen and oxygen atoms in total. The van der Waals surface area contributed by atoms with Crippen molar-refractivity contribution in [1.29, 1.82) is 0 Å². The minimum Gasteiger partial charge on any atom is -0.376 e. The Bertz CT molecular complexity index is 639. The molecule has 2 aromatic rings. The molecule has 1 amide bonds. The summed E-state index contributed by atoms with van der Waals surface area (Å²) in [6, 6.07) is 13.8. The molecule has 0 fully saturated rings. The van der Waals surface area contributed by atoms with Crippen LogP contribution in [0.4, 0.5) is 21.5 Å². The first kappa shape index (κ1) is 16.8. The van der Waals surface area contributed by atoms with Crippen molar-refractivity contribution in [3.63, 3.8) is 0 Å². The van der Waals surface area contributed by atoms with Crippen LogP contribution >= 0.6 is 0 Å². The van der Waals surface area contributed by atoms with Crippen molar-refractivity contribution in [3.8, 4) is 0 Å². The number of anilines is 3. The summed E-state index contributed by atoms with van der Waals surface area (Å²) in [4.78, 5) is 14.1. The zero-order chi connectivity index (χ0) is 16.7. The summed E-state index contributed by atoms with van der Waals surface area (Å²) in [6.45, 7) is 6.28. The first-order chi connectivity index (χ1) is 11.1. The lowest BCUT2D eigenvalue weighted by atomic mass is 10.2. The maximum absolute atomic E-state index is 13.1. The van der Waals surface area contributed by atoms with Gasteiger partial charge in [0.1, 0.15) is 5.82 Å². The van der Waals surface area contributed by atoms with Gasteiger partial charge in [0.2, 0.25) is 5.91 Å². The van der Waals surface area contributed by atoms with Crippen LogP contribution in [0.15, 0.2) is 48.5 Å². The van der Waals surface area contributed by atoms with E-state index >= 15 is 0 Å². The van der Waals surface area contributed by atoms with Gasteiger partial charge in [-0.05, 0) is 56.3 Å². The number of hydrogen-bond donors (Lipinski definition) is 2. The summed E-state index contributed by atoms with van der Waals surface area (Å²) in [5, 5.41) is 5.71. The lowest BCUT2D eigenvalue weighted by Gasteiger charge is -2.21. The van der Waals surface area contributed by atoms with Gasteiger partial charge in [-0.3, -0.25) is 4.79 Å². The third-order valence-electron chi connectivity index (χ3n) is 3.56. The Balaban J connectivity index is 1.86. The Morgan fingerprint density at radius 1 is 1.04 bits per heavy atom. The number of halogens is 1. The van der Waals surface area contributed by atoms with Gasteiger partial charge in [-0.2, -0.15) is 0 Å². The lowest BCUT2D eigenvalue weighted by molar-refractivity contribution is -0.114. The van der Waals surface area contributed by atoms with Crippen LogP contribution in [0, 0.1) is 5.82 Å². The predicted octanol–water partition coefficient (Wildman–Crippen LogP) is 3.72. The maximum atomic E-state index is 13.1. The summed E-state index contributed by atoms with van der Waals surface area (Å²) in [5.41, 5.74) is 2.48. The van der Waals surface area contributed by atoms with Gasteiger partial charge in [-0.25, -0.2) is 4.39 Å². The van der Waals surface area contributed by atoms with Crippen LogP contribution in [0.5, 0.6) is 0 Å². The summed E-state index contributed by atoms with van der Waals surface area (Å²) >= 11 is 0. The molecule has 2 rings (SSSR count). The molecule has 0 saturated carbocycles. The molecule has 23 heavy (non-hydrogen) atoms. The first-order valence-electron chi connectivity index (χ1n) is 7.76. The standard InChI is InChI=1S/C18H22FN3O/c1-3-22(4-2)17-10-8-15(9-11-17)20-13-18(23)21-16-7-5-6-14(19)12-16/h5-12,20H,3-4,13H2,1-2H3,(H,21,23). The Hall–Kier alpha value is -2.56. The molecule has 2 aromatic carbocycles. The molecule has 2 N–H and O–H groups in total. The van der Waals surface area contributed by atoms with Crippen LogP contribution in [0.3, 0.4) is 0 Å². The van der Waals surface area contributed by atoms with Gasteiger partial charge >= 0.3 is 0 Å². The molecule has 0 heterocycles. The molecule has 122 valence electrons. The summed E-state index contributed by atoms with van der Waals surface area (Å²) in [5.74, 6) is -0.592. The lowest BCUT2D eigenvalue weighted by Crippen LogP contribution is -2.22. The highest BCUT2D eigenvalue weighted by molar-refractivity contribution is 5.93. The minimum atomic E-state index is -0.372. The van der Waals surface area contributed by atoms with Gasteiger partial charge < -0.3 is 15.5 Å². The van der Waals surface area contributed by atoms with E-state index in [4.69, 9.17) is 0 Å². The zero-order valence-electron chi connectivity index (χ0n) is 13.5. The third kappa shape index (κ3) is 4.98. The van der Waals surface area contributed by atoms with Crippen LogP contribution in [0.2, 0.25) is 0 Å². The maximum Gasteiger partial charge on any atom is 0.243 e. The smallest absolute Gasteiger partial charge is 0.243 e. The first-order valence-corrected chi connectivity index (χ1v) is 7.76. The zero-order valence-corrected chi connectivity index (χ0v) is 13.5. The second kappa shape index (κ2) is 8.17. The van der Waals surface area contributed by atoms with Gasteiger partial charge in [0.15, 0.2) is 0 Å². The molecular weight excluding hydrogens is 293 g/mol. The number of nitrogens with one attached hydrogen (secondary N) is 2. The van der Waals surface area contributed by atoms with Crippen LogP contribution in [-0.4, -0.2) is 25.5 Å². The number of benzene rings is 2. The SMILES string of the molecule is CCN(CC)c1ccc(NCC(=O)Nc2cccc(F)c2)cc1. The van der Waals surface area contributed by atoms with E-state index in [9.17, 15) is 9.18 Å². The predicted molar refractivity (Wildman–Crippen MR) is 93.5 cm³/mol. The quantitative estimate of drug-likeness (QED) is 0.818. The number of hydrogen-bond acceptors (Lipinski definition) is 3. The number of carbonyl (C=O) groups excluding carboxylic acids is 1. The molecule has 0 saturated heterocycles. The van der Waals surface area contributed by atoms with Crippen LogP contribution < -0.4 is 15.5 Å². The van der Waals surface area contributed by atoms with Gasteiger partial charge in [-0.1, -0.05) is 6.07 Å². The highest BCUT2D eigenvalue weighted by Crippen LogP contribution is 2.17. The number of carbonyl (C=O) groups is 1. The number of amides is 1. The molecule has 0 radical (unpaired) electrons. The van der Waals surface area contributed by atoms with E-state index in [0.29, 0.717) is 5.69 Å². The van der Waals surface area contributed by atoms with Gasteiger partial charge in [0, 0.05) is 30.2 Å². The highest BCUT2D eigenvalue weighted by atomic mass is 19.1. The molecule has 5 heteroatoms. The molecule has 0 aromatic heterocycles. The monoisotopic (exact) mass is 315 g/mol. The molecule has 0 aliphatic rings. The average molecular weight is 315 g/mol. The second-order valence-electron chi connectivity index (χ2n) is 5.13. The van der Waals surface area contributed by atoms with Crippen molar-refractivity contribution in [2.24, 2.45) is 0 Å². The van der Waals surface area contributed by atoms with Crippen LogP contribution in [0.25, 0.3) is 0 Å². The van der Waals surface area contributed by atoms with Gasteiger partial charge in [-0.15, -0.1) is 0 Å². The van der Waals surface area contributed by atoms with Crippen molar-refractivity contribution in [2.75, 3.05) is 35.2 Å². The summed E-state index contributed by atoms with van der Waals surface area (Å²) in [6.07, 6.45) is 0. The van der Waals surface area contributed by atoms with Crippen LogP contribution in [0.1, 0.15) is 13.8 Å². The normalized spacial score (nSPS) is 10.2. The van der Waals surface area contributed by atoms with Gasteiger partial charge in [0.05, 0.1) is 6.54 Å². The third-order valence-corrected chi connectivity index (χ3v) is 3.56. The average Bonchev–Trinajstić information content (AvgIpc) is 2.55. The second-order valence-corrected chi connectivity index (χ2v) is 5.13. The van der Waals surface area contributed by atoms with E-state index < -0.39 is 0 Å². The van der Waals surface area contributed by atoms with E-state index in [2.05, 4.69) is 29.4 Å². The van der Waals surface area contributed by atoms with E-state index in [-0.39, 0.29) is 18.3 Å². The van der Waals surface area contributed by atoms with Gasteiger partial charge in [0.25, 0.3) is 0 Å². The molecule has 0 unspecified atom stereocenters. The molecule has 0 bridgehead atoms. The van der Waals surface area contributed by atoms with Crippen LogP contribution in [-0.2, 0) is 4.79 Å². The molecule has 0 aliphatic heterocycles. The van der Waals surface area contributed by atoms with Crippen molar-refractivity contribution in [2.45, 2.75) is 13.8 Å². The van der Waals surface area contributed by atoms with Crippen molar-refractivity contribution in [1.82, 2.24) is 0 Å². The molecular formula is C18H22FN3O. The topological polar surface area (TPSA) is 44.4 Å². The Labute approximate surface area is 136 Å². The molecule has 0 aliphatic carbocycles.